The number of anilines is 1. The van der Waals surface area contributed by atoms with Crippen molar-refractivity contribution in [1.29, 1.82) is 0 Å². The van der Waals surface area contributed by atoms with E-state index in [1.165, 1.54) is 43.2 Å². The lowest BCUT2D eigenvalue weighted by molar-refractivity contribution is -0.123. The topological polar surface area (TPSA) is 47.4 Å². The Morgan fingerprint density at radius 1 is 1.00 bits per heavy atom. The van der Waals surface area contributed by atoms with Crippen LogP contribution in [0.15, 0.2) is 54.9 Å². The second-order valence-corrected chi connectivity index (χ2v) is 11.2. The van der Waals surface area contributed by atoms with Crippen molar-refractivity contribution in [3.8, 4) is 11.4 Å². The average Bonchev–Trinajstić information content (AvgIpc) is 3.38. The summed E-state index contributed by atoms with van der Waals surface area (Å²) in [4.78, 5) is 16.0. The number of carbonyl (C=O) groups excluding carboxylic acids is 1. The summed E-state index contributed by atoms with van der Waals surface area (Å²) >= 11 is 0. The highest BCUT2D eigenvalue weighted by atomic mass is 16.5. The van der Waals surface area contributed by atoms with Crippen molar-refractivity contribution in [3.63, 3.8) is 0 Å². The molecule has 0 bridgehead atoms. The lowest BCUT2D eigenvalue weighted by Crippen LogP contribution is -2.41. The van der Waals surface area contributed by atoms with Gasteiger partial charge in [-0.3, -0.25) is 4.79 Å². The van der Waals surface area contributed by atoms with Crippen molar-refractivity contribution < 1.29 is 9.53 Å². The molecule has 1 aromatic heterocycles. The van der Waals surface area contributed by atoms with Gasteiger partial charge in [0.1, 0.15) is 5.75 Å². The molecular weight excluding hydrogens is 458 g/mol. The minimum Gasteiger partial charge on any atom is -0.496 e. The molecule has 0 radical (unpaired) electrons. The van der Waals surface area contributed by atoms with Crippen molar-refractivity contribution in [3.05, 3.63) is 71.5 Å². The van der Waals surface area contributed by atoms with Crippen LogP contribution in [0.2, 0.25) is 0 Å². The molecule has 2 aliphatic carbocycles. The summed E-state index contributed by atoms with van der Waals surface area (Å²) in [5.41, 5.74) is 5.77. The van der Waals surface area contributed by atoms with Crippen LogP contribution in [0.4, 0.5) is 5.69 Å². The van der Waals surface area contributed by atoms with Crippen LogP contribution in [0, 0.1) is 25.7 Å². The van der Waals surface area contributed by atoms with Gasteiger partial charge >= 0.3 is 0 Å². The summed E-state index contributed by atoms with van der Waals surface area (Å²) in [5, 5.41) is 4.50. The van der Waals surface area contributed by atoms with E-state index in [1.807, 2.05) is 17.1 Å². The van der Waals surface area contributed by atoms with Crippen molar-refractivity contribution in [1.82, 2.24) is 9.78 Å². The molecule has 5 heteroatoms. The molecule has 5 rings (SSSR count). The molecule has 2 aliphatic rings. The number of hydrogen-bond acceptors (Lipinski definition) is 3. The highest BCUT2D eigenvalue weighted by molar-refractivity contribution is 5.95. The zero-order chi connectivity index (χ0) is 25.8. The molecule has 0 spiro atoms. The van der Waals surface area contributed by atoms with Crippen molar-refractivity contribution in [2.45, 2.75) is 77.6 Å². The Morgan fingerprint density at radius 3 is 2.46 bits per heavy atom. The SMILES string of the molecule is COc1ccc(C2CCC(CN(C(=O)C3CCCCC3)c3cccc(-n4cc(C)cn4)c3)CC2)cc1C. The predicted octanol–water partition coefficient (Wildman–Crippen LogP) is 7.39. The number of rotatable bonds is 7. The Labute approximate surface area is 221 Å². The summed E-state index contributed by atoms with van der Waals surface area (Å²) in [7, 11) is 1.74. The molecule has 2 saturated carbocycles. The number of benzene rings is 2. The normalized spacial score (nSPS) is 20.5. The van der Waals surface area contributed by atoms with Gasteiger partial charge in [0.2, 0.25) is 5.91 Å². The molecule has 3 aromatic rings. The zero-order valence-corrected chi connectivity index (χ0v) is 22.7. The van der Waals surface area contributed by atoms with E-state index in [-0.39, 0.29) is 5.92 Å². The molecule has 2 aromatic carbocycles. The molecule has 0 unspecified atom stereocenters. The van der Waals surface area contributed by atoms with Crippen molar-refractivity contribution >= 4 is 11.6 Å². The van der Waals surface area contributed by atoms with E-state index >= 15 is 0 Å². The average molecular weight is 500 g/mol. The molecule has 2 fully saturated rings. The number of nitrogens with zero attached hydrogens (tertiary/aromatic N) is 3. The number of hydrogen-bond donors (Lipinski definition) is 0. The van der Waals surface area contributed by atoms with E-state index in [0.29, 0.717) is 17.7 Å². The first-order chi connectivity index (χ1) is 18.0. The first-order valence-corrected chi connectivity index (χ1v) is 14.1. The van der Waals surface area contributed by atoms with Gasteiger partial charge in [0.25, 0.3) is 0 Å². The van der Waals surface area contributed by atoms with Crippen LogP contribution in [0.25, 0.3) is 5.69 Å². The number of ether oxygens (including phenoxy) is 1. The molecule has 5 nitrogen and oxygen atoms in total. The Hall–Kier alpha value is -3.08. The molecule has 1 amide bonds. The van der Waals surface area contributed by atoms with E-state index in [9.17, 15) is 4.79 Å². The van der Waals surface area contributed by atoms with Gasteiger partial charge in [-0.1, -0.05) is 37.5 Å². The van der Waals surface area contributed by atoms with E-state index < -0.39 is 0 Å². The van der Waals surface area contributed by atoms with Crippen molar-refractivity contribution in [2.24, 2.45) is 11.8 Å². The van der Waals surface area contributed by atoms with Crippen LogP contribution in [0.1, 0.15) is 80.4 Å². The van der Waals surface area contributed by atoms with Crippen LogP contribution in [-0.2, 0) is 4.79 Å². The Bertz CT molecular complexity index is 1200. The fourth-order valence-electron chi connectivity index (χ4n) is 6.34. The van der Waals surface area contributed by atoms with Gasteiger partial charge in [0, 0.05) is 24.3 Å². The zero-order valence-electron chi connectivity index (χ0n) is 22.7. The maximum absolute atomic E-state index is 13.9. The largest absolute Gasteiger partial charge is 0.496 e. The van der Waals surface area contributed by atoms with E-state index in [2.05, 4.69) is 66.3 Å². The third kappa shape index (κ3) is 5.92. The minimum atomic E-state index is 0.156. The molecule has 1 heterocycles. The summed E-state index contributed by atoms with van der Waals surface area (Å²) in [6, 6.07) is 15.0. The lowest BCUT2D eigenvalue weighted by atomic mass is 9.78. The van der Waals surface area contributed by atoms with Gasteiger partial charge in [-0.15, -0.1) is 0 Å². The summed E-state index contributed by atoms with van der Waals surface area (Å²) in [6.07, 6.45) is 14.2. The summed E-state index contributed by atoms with van der Waals surface area (Å²) in [5.74, 6) is 2.56. The maximum atomic E-state index is 13.9. The molecule has 0 aliphatic heterocycles. The lowest BCUT2D eigenvalue weighted by Gasteiger charge is -2.35. The van der Waals surface area contributed by atoms with Crippen LogP contribution in [0.5, 0.6) is 5.75 Å². The van der Waals surface area contributed by atoms with Gasteiger partial charge in [0.15, 0.2) is 0 Å². The Balaban J connectivity index is 1.32. The van der Waals surface area contributed by atoms with Gasteiger partial charge in [-0.2, -0.15) is 5.10 Å². The fraction of sp³-hybridized carbons (Fsp3) is 0.500. The van der Waals surface area contributed by atoms with Crippen LogP contribution >= 0.6 is 0 Å². The predicted molar refractivity (Wildman–Crippen MR) is 150 cm³/mol. The van der Waals surface area contributed by atoms with Crippen molar-refractivity contribution in [2.75, 3.05) is 18.6 Å². The first-order valence-electron chi connectivity index (χ1n) is 14.1. The number of carbonyl (C=O) groups is 1. The number of amides is 1. The van der Waals surface area contributed by atoms with E-state index in [0.717, 1.165) is 54.9 Å². The van der Waals surface area contributed by atoms with Gasteiger partial charge in [-0.05, 0) is 105 Å². The fourth-order valence-corrected chi connectivity index (χ4v) is 6.34. The molecule has 0 atom stereocenters. The third-order valence-electron chi connectivity index (χ3n) is 8.52. The Morgan fingerprint density at radius 2 is 1.78 bits per heavy atom. The second kappa shape index (κ2) is 11.5. The summed E-state index contributed by atoms with van der Waals surface area (Å²) in [6.45, 7) is 4.99. The highest BCUT2D eigenvalue weighted by Crippen LogP contribution is 2.38. The molecule has 0 N–H and O–H groups in total. The molecule has 0 saturated heterocycles. The Kier molecular flexibility index (Phi) is 7.97. The van der Waals surface area contributed by atoms with Crippen LogP contribution in [-0.4, -0.2) is 29.3 Å². The summed E-state index contributed by atoms with van der Waals surface area (Å²) < 4.78 is 7.36. The smallest absolute Gasteiger partial charge is 0.230 e. The monoisotopic (exact) mass is 499 g/mol. The van der Waals surface area contributed by atoms with E-state index in [1.54, 1.807) is 7.11 Å². The quantitative estimate of drug-likeness (QED) is 0.341. The van der Waals surface area contributed by atoms with Crippen LogP contribution < -0.4 is 9.64 Å². The van der Waals surface area contributed by atoms with Gasteiger partial charge in [-0.25, -0.2) is 4.68 Å². The first kappa shape index (κ1) is 25.6. The third-order valence-corrected chi connectivity index (χ3v) is 8.52. The highest BCUT2D eigenvalue weighted by Gasteiger charge is 2.31. The minimum absolute atomic E-state index is 0.156. The maximum Gasteiger partial charge on any atom is 0.230 e. The van der Waals surface area contributed by atoms with Crippen LogP contribution in [0.3, 0.4) is 0 Å². The second-order valence-electron chi connectivity index (χ2n) is 11.2. The van der Waals surface area contributed by atoms with Gasteiger partial charge in [0.05, 0.1) is 19.0 Å². The molecular formula is C32H41N3O2. The standard InChI is InChI=1S/C32H41N3O2/c1-23-20-33-35(21-23)30-11-7-10-29(19-30)34(32(36)27-8-5-4-6-9-27)22-25-12-14-26(15-13-25)28-16-17-31(37-3)24(2)18-28/h7,10-11,16-21,25-27H,4-6,8-9,12-15,22H2,1-3H3. The molecule has 37 heavy (non-hydrogen) atoms. The molecule has 196 valence electrons. The van der Waals surface area contributed by atoms with E-state index in [4.69, 9.17) is 4.74 Å². The number of methoxy groups -OCH3 is 1. The van der Waals surface area contributed by atoms with Gasteiger partial charge < -0.3 is 9.64 Å². The number of aryl methyl sites for hydroxylation is 2. The number of aromatic nitrogens is 2.